The summed E-state index contributed by atoms with van der Waals surface area (Å²) in [5.74, 6) is 0. The maximum absolute atomic E-state index is 12.5. The van der Waals surface area contributed by atoms with Gasteiger partial charge in [0.25, 0.3) is 0 Å². The van der Waals surface area contributed by atoms with Gasteiger partial charge in [-0.05, 0) is 13.8 Å². The Balaban J connectivity index is 2.04. The van der Waals surface area contributed by atoms with Crippen LogP contribution in [0.15, 0.2) is 12.7 Å². The zero-order valence-electron chi connectivity index (χ0n) is 8.72. The van der Waals surface area contributed by atoms with Crippen molar-refractivity contribution in [2.75, 3.05) is 19.7 Å². The fourth-order valence-electron chi connectivity index (χ4n) is 1.60. The van der Waals surface area contributed by atoms with Gasteiger partial charge in [0, 0.05) is 25.2 Å². The molecule has 0 bridgehead atoms. The lowest BCUT2D eigenvalue weighted by molar-refractivity contribution is 0.298. The summed E-state index contributed by atoms with van der Waals surface area (Å²) in [6.07, 6.45) is 1.65. The van der Waals surface area contributed by atoms with E-state index in [4.69, 9.17) is 4.52 Å². The van der Waals surface area contributed by atoms with Gasteiger partial charge in [-0.3, -0.25) is 4.57 Å². The van der Waals surface area contributed by atoms with E-state index in [0.717, 1.165) is 13.1 Å². The molecule has 2 aliphatic rings. The summed E-state index contributed by atoms with van der Waals surface area (Å²) < 4.78 is 21.8. The summed E-state index contributed by atoms with van der Waals surface area (Å²) >= 11 is 0. The highest BCUT2D eigenvalue weighted by molar-refractivity contribution is 7.54. The van der Waals surface area contributed by atoms with E-state index >= 15 is 0 Å². The molecule has 0 radical (unpaired) electrons. The third-order valence-electron chi connectivity index (χ3n) is 2.66. The number of rotatable bonds is 5. The molecule has 0 aromatic carbocycles. The van der Waals surface area contributed by atoms with Crippen molar-refractivity contribution in [3.05, 3.63) is 12.7 Å². The van der Waals surface area contributed by atoms with Crippen molar-refractivity contribution >= 4 is 7.67 Å². The minimum Gasteiger partial charge on any atom is -0.302 e. The van der Waals surface area contributed by atoms with Crippen molar-refractivity contribution < 1.29 is 9.09 Å². The van der Waals surface area contributed by atoms with Crippen molar-refractivity contribution in [2.45, 2.75) is 25.9 Å². The highest BCUT2D eigenvalue weighted by Gasteiger charge is 2.56. The van der Waals surface area contributed by atoms with Gasteiger partial charge in [-0.2, -0.15) is 0 Å². The predicted molar refractivity (Wildman–Crippen MR) is 56.1 cm³/mol. The summed E-state index contributed by atoms with van der Waals surface area (Å²) in [5, 5.41) is 0. The Morgan fingerprint density at radius 2 is 1.86 bits per heavy atom. The maximum Gasteiger partial charge on any atom is 0.347 e. The number of nitrogens with zero attached hydrogens (tertiary/aromatic N) is 2. The van der Waals surface area contributed by atoms with Crippen LogP contribution in [0.25, 0.3) is 0 Å². The summed E-state index contributed by atoms with van der Waals surface area (Å²) in [4.78, 5) is 0. The van der Waals surface area contributed by atoms with Crippen LogP contribution in [0.2, 0.25) is 0 Å². The average molecular weight is 216 g/mol. The second-order valence-corrected chi connectivity index (χ2v) is 6.28. The van der Waals surface area contributed by atoms with Crippen LogP contribution in [-0.2, 0) is 9.09 Å². The molecular formula is C9H17N2O2P. The minimum atomic E-state index is -2.67. The average Bonchev–Trinajstić information content (AvgIpc) is 3.01. The van der Waals surface area contributed by atoms with E-state index in [1.807, 2.05) is 9.34 Å². The lowest BCUT2D eigenvalue weighted by Gasteiger charge is -2.20. The summed E-state index contributed by atoms with van der Waals surface area (Å²) in [6, 6.07) is 0.803. The van der Waals surface area contributed by atoms with E-state index in [-0.39, 0.29) is 0 Å². The first-order valence-electron chi connectivity index (χ1n) is 4.99. The van der Waals surface area contributed by atoms with Crippen LogP contribution in [0.5, 0.6) is 0 Å². The second kappa shape index (κ2) is 3.46. The van der Waals surface area contributed by atoms with E-state index in [9.17, 15) is 4.57 Å². The highest BCUT2D eigenvalue weighted by Crippen LogP contribution is 2.64. The Kier molecular flexibility index (Phi) is 2.56. The van der Waals surface area contributed by atoms with Crippen LogP contribution >= 0.6 is 7.67 Å². The summed E-state index contributed by atoms with van der Waals surface area (Å²) in [7, 11) is -2.67. The molecule has 2 unspecified atom stereocenters. The third kappa shape index (κ3) is 1.68. The zero-order chi connectivity index (χ0) is 10.3. The number of hydrogen-bond donors (Lipinski definition) is 0. The Labute approximate surface area is 85.1 Å². The first-order valence-corrected chi connectivity index (χ1v) is 6.52. The summed E-state index contributed by atoms with van der Waals surface area (Å²) in [5.41, 5.74) is 0. The smallest absolute Gasteiger partial charge is 0.302 e. The van der Waals surface area contributed by atoms with E-state index in [2.05, 4.69) is 20.4 Å². The molecule has 0 N–H and O–H groups in total. The van der Waals surface area contributed by atoms with Crippen molar-refractivity contribution in [3.63, 3.8) is 0 Å². The Bertz CT molecular complexity index is 275. The molecule has 4 nitrogen and oxygen atoms in total. The van der Waals surface area contributed by atoms with Crippen molar-refractivity contribution in [1.82, 2.24) is 9.34 Å². The Hall–Kier alpha value is -0.150. The van der Waals surface area contributed by atoms with Gasteiger partial charge in [0.2, 0.25) is 0 Å². The monoisotopic (exact) mass is 216 g/mol. The van der Waals surface area contributed by atoms with Crippen molar-refractivity contribution in [2.24, 2.45) is 0 Å². The second-order valence-electron chi connectivity index (χ2n) is 4.02. The fraction of sp³-hybridized carbons (Fsp3) is 0.778. The summed E-state index contributed by atoms with van der Waals surface area (Å²) in [6.45, 7) is 9.85. The molecular weight excluding hydrogens is 199 g/mol. The van der Waals surface area contributed by atoms with Crippen LogP contribution in [0, 0.1) is 0 Å². The molecule has 0 spiro atoms. The van der Waals surface area contributed by atoms with Crippen LogP contribution in [-0.4, -0.2) is 41.1 Å². The van der Waals surface area contributed by atoms with Crippen LogP contribution < -0.4 is 0 Å². The molecule has 2 heterocycles. The topological polar surface area (TPSA) is 32.3 Å². The predicted octanol–water partition coefficient (Wildman–Crippen LogP) is 1.71. The van der Waals surface area contributed by atoms with Gasteiger partial charge < -0.3 is 4.52 Å². The van der Waals surface area contributed by atoms with E-state index in [0.29, 0.717) is 18.7 Å². The van der Waals surface area contributed by atoms with Crippen LogP contribution in [0.4, 0.5) is 0 Å². The van der Waals surface area contributed by atoms with Gasteiger partial charge in [0.05, 0.1) is 6.61 Å². The standard InChI is InChI=1S/C9H17N2O2P/c1-4-5-13-14(12,10-6-8(10)2)11-7-9(11)3/h4,8-9H,1,5-7H2,2-3H3/t8-,9-,10?,11?,14?/m0/s1. The fourth-order valence-corrected chi connectivity index (χ4v) is 4.37. The molecule has 2 saturated heterocycles. The Morgan fingerprint density at radius 3 is 2.14 bits per heavy atom. The SMILES string of the molecule is C=CCOP(=O)(N1C[C@@H]1C)N1C[C@@H]1C. The molecule has 2 aliphatic heterocycles. The van der Waals surface area contributed by atoms with Gasteiger partial charge in [0.1, 0.15) is 0 Å². The van der Waals surface area contributed by atoms with E-state index in [1.54, 1.807) is 6.08 Å². The van der Waals surface area contributed by atoms with Gasteiger partial charge in [-0.25, -0.2) is 9.34 Å². The van der Waals surface area contributed by atoms with Crippen LogP contribution in [0.3, 0.4) is 0 Å². The largest absolute Gasteiger partial charge is 0.347 e. The lowest BCUT2D eigenvalue weighted by atomic mass is 10.6. The Morgan fingerprint density at radius 1 is 1.43 bits per heavy atom. The van der Waals surface area contributed by atoms with Crippen LogP contribution in [0.1, 0.15) is 13.8 Å². The maximum atomic E-state index is 12.5. The quantitative estimate of drug-likeness (QED) is 0.398. The molecule has 2 fully saturated rings. The van der Waals surface area contributed by atoms with Gasteiger partial charge in [-0.15, -0.1) is 6.58 Å². The molecule has 14 heavy (non-hydrogen) atoms. The molecule has 0 amide bonds. The first-order chi connectivity index (χ1) is 6.59. The molecule has 0 saturated carbocycles. The molecule has 80 valence electrons. The molecule has 5 heteroatoms. The van der Waals surface area contributed by atoms with Gasteiger partial charge in [-0.1, -0.05) is 6.08 Å². The first kappa shape index (κ1) is 10.4. The number of hydrogen-bond acceptors (Lipinski definition) is 2. The van der Waals surface area contributed by atoms with Gasteiger partial charge in [0.15, 0.2) is 0 Å². The molecule has 2 rings (SSSR count). The third-order valence-corrected chi connectivity index (χ3v) is 5.56. The van der Waals surface area contributed by atoms with Crippen molar-refractivity contribution in [1.29, 1.82) is 0 Å². The molecule has 0 aromatic rings. The van der Waals surface area contributed by atoms with E-state index < -0.39 is 7.67 Å². The molecule has 0 aliphatic carbocycles. The highest BCUT2D eigenvalue weighted by atomic mass is 31.2. The normalized spacial score (nSPS) is 44.1. The minimum absolute atomic E-state index is 0.365. The van der Waals surface area contributed by atoms with E-state index in [1.165, 1.54) is 0 Å². The van der Waals surface area contributed by atoms with Gasteiger partial charge >= 0.3 is 7.67 Å². The molecule has 0 aromatic heterocycles. The zero-order valence-corrected chi connectivity index (χ0v) is 9.61. The van der Waals surface area contributed by atoms with Crippen molar-refractivity contribution in [3.8, 4) is 0 Å². The lowest BCUT2D eigenvalue weighted by Crippen LogP contribution is -2.10. The molecule has 4 atom stereocenters.